The molecule has 3 nitrogen and oxygen atoms in total. The highest BCUT2D eigenvalue weighted by Crippen LogP contribution is 2.28. The number of fused-ring (bicyclic) bond motifs is 2. The van der Waals surface area contributed by atoms with Crippen molar-refractivity contribution >= 4 is 11.0 Å². The van der Waals surface area contributed by atoms with Crippen LogP contribution in [0.2, 0.25) is 0 Å². The molecule has 0 saturated carbocycles. The number of aryl methyl sites for hydroxylation is 2. The highest BCUT2D eigenvalue weighted by atomic mass is 15.1. The molecule has 0 spiro atoms. The summed E-state index contributed by atoms with van der Waals surface area (Å²) in [5.74, 6) is 1.08. The standard InChI is InChI=1S/C18H19N3/c1-3-21-17-7-4-12(2)8-16(17)20-18(21)13-5-6-14-10-19-11-15(14)9-13/h4-9,19H,3,10-11H2,1-2H3. The molecule has 106 valence electrons. The van der Waals surface area contributed by atoms with Crippen molar-refractivity contribution in [2.75, 3.05) is 0 Å². The highest BCUT2D eigenvalue weighted by molar-refractivity contribution is 5.81. The topological polar surface area (TPSA) is 29.9 Å². The van der Waals surface area contributed by atoms with Crippen molar-refractivity contribution in [3.63, 3.8) is 0 Å². The van der Waals surface area contributed by atoms with Crippen LogP contribution in [0.1, 0.15) is 23.6 Å². The summed E-state index contributed by atoms with van der Waals surface area (Å²) in [4.78, 5) is 4.88. The van der Waals surface area contributed by atoms with E-state index < -0.39 is 0 Å². The van der Waals surface area contributed by atoms with Crippen LogP contribution in [-0.4, -0.2) is 9.55 Å². The molecule has 1 aliphatic heterocycles. The number of imidazole rings is 1. The summed E-state index contributed by atoms with van der Waals surface area (Å²) >= 11 is 0. The van der Waals surface area contributed by atoms with E-state index in [-0.39, 0.29) is 0 Å². The van der Waals surface area contributed by atoms with E-state index in [2.05, 4.69) is 60.1 Å². The molecule has 0 fully saturated rings. The Kier molecular flexibility index (Phi) is 2.82. The minimum atomic E-state index is 0.935. The lowest BCUT2D eigenvalue weighted by molar-refractivity contribution is 0.764. The van der Waals surface area contributed by atoms with Crippen LogP contribution < -0.4 is 5.32 Å². The Balaban J connectivity index is 1.93. The fraction of sp³-hybridized carbons (Fsp3) is 0.278. The minimum absolute atomic E-state index is 0.935. The number of benzene rings is 2. The third-order valence-electron chi connectivity index (χ3n) is 4.32. The maximum absolute atomic E-state index is 4.88. The maximum atomic E-state index is 4.88. The molecular weight excluding hydrogens is 258 g/mol. The minimum Gasteiger partial charge on any atom is -0.324 e. The van der Waals surface area contributed by atoms with E-state index in [0.29, 0.717) is 0 Å². The largest absolute Gasteiger partial charge is 0.324 e. The summed E-state index contributed by atoms with van der Waals surface area (Å²) in [5.41, 5.74) is 7.59. The van der Waals surface area contributed by atoms with Gasteiger partial charge in [0.25, 0.3) is 0 Å². The first-order chi connectivity index (χ1) is 10.3. The Bertz CT molecular complexity index is 830. The van der Waals surface area contributed by atoms with Gasteiger partial charge in [-0.3, -0.25) is 0 Å². The van der Waals surface area contributed by atoms with E-state index in [1.165, 1.54) is 27.8 Å². The van der Waals surface area contributed by atoms with Gasteiger partial charge in [-0.1, -0.05) is 18.2 Å². The molecule has 21 heavy (non-hydrogen) atoms. The Morgan fingerprint density at radius 3 is 2.81 bits per heavy atom. The molecule has 0 saturated heterocycles. The lowest BCUT2D eigenvalue weighted by atomic mass is 10.1. The molecule has 0 radical (unpaired) electrons. The average Bonchev–Trinajstić information content (AvgIpc) is 3.09. The molecule has 1 aliphatic rings. The Labute approximate surface area is 124 Å². The maximum Gasteiger partial charge on any atom is 0.141 e. The van der Waals surface area contributed by atoms with E-state index in [0.717, 1.165) is 31.0 Å². The van der Waals surface area contributed by atoms with Crippen molar-refractivity contribution in [3.8, 4) is 11.4 Å². The summed E-state index contributed by atoms with van der Waals surface area (Å²) in [5, 5.41) is 3.40. The van der Waals surface area contributed by atoms with Gasteiger partial charge < -0.3 is 9.88 Å². The lowest BCUT2D eigenvalue weighted by Gasteiger charge is -2.07. The molecular formula is C18H19N3. The Morgan fingerprint density at radius 1 is 1.10 bits per heavy atom. The Hall–Kier alpha value is -2.13. The third kappa shape index (κ3) is 1.96. The van der Waals surface area contributed by atoms with Crippen molar-refractivity contribution in [3.05, 3.63) is 53.1 Å². The van der Waals surface area contributed by atoms with Crippen molar-refractivity contribution in [2.24, 2.45) is 0 Å². The van der Waals surface area contributed by atoms with Gasteiger partial charge in [0.15, 0.2) is 0 Å². The van der Waals surface area contributed by atoms with Crippen LogP contribution in [0.4, 0.5) is 0 Å². The fourth-order valence-electron chi connectivity index (χ4n) is 3.21. The van der Waals surface area contributed by atoms with Gasteiger partial charge >= 0.3 is 0 Å². The molecule has 3 heteroatoms. The molecule has 0 bridgehead atoms. The second-order valence-corrected chi connectivity index (χ2v) is 5.76. The van der Waals surface area contributed by atoms with Gasteiger partial charge in [-0.15, -0.1) is 0 Å². The van der Waals surface area contributed by atoms with Crippen molar-refractivity contribution in [1.82, 2.24) is 14.9 Å². The Morgan fingerprint density at radius 2 is 1.95 bits per heavy atom. The first-order valence-corrected chi connectivity index (χ1v) is 7.56. The summed E-state index contributed by atoms with van der Waals surface area (Å²) < 4.78 is 2.30. The normalized spacial score (nSPS) is 13.8. The van der Waals surface area contributed by atoms with Crippen LogP contribution in [0.25, 0.3) is 22.4 Å². The molecule has 1 N–H and O–H groups in total. The molecule has 2 aromatic carbocycles. The third-order valence-corrected chi connectivity index (χ3v) is 4.32. The van der Waals surface area contributed by atoms with Crippen LogP contribution in [-0.2, 0) is 19.6 Å². The number of hydrogen-bond donors (Lipinski definition) is 1. The molecule has 4 rings (SSSR count). The van der Waals surface area contributed by atoms with Crippen LogP contribution in [0.15, 0.2) is 36.4 Å². The van der Waals surface area contributed by atoms with Gasteiger partial charge in [0.1, 0.15) is 5.82 Å². The van der Waals surface area contributed by atoms with Crippen LogP contribution in [0.3, 0.4) is 0 Å². The number of aromatic nitrogens is 2. The number of hydrogen-bond acceptors (Lipinski definition) is 2. The fourth-order valence-corrected chi connectivity index (χ4v) is 3.21. The van der Waals surface area contributed by atoms with Gasteiger partial charge in [-0.05, 0) is 48.7 Å². The van der Waals surface area contributed by atoms with Gasteiger partial charge in [0.05, 0.1) is 11.0 Å². The van der Waals surface area contributed by atoms with Gasteiger partial charge in [0.2, 0.25) is 0 Å². The molecule has 0 aliphatic carbocycles. The first kappa shape index (κ1) is 12.6. The highest BCUT2D eigenvalue weighted by Gasteiger charge is 2.15. The predicted octanol–water partition coefficient (Wildman–Crippen LogP) is 3.63. The molecule has 0 unspecified atom stereocenters. The van der Waals surface area contributed by atoms with Crippen molar-refractivity contribution < 1.29 is 0 Å². The zero-order chi connectivity index (χ0) is 14.4. The molecule has 3 aromatic rings. The summed E-state index contributed by atoms with van der Waals surface area (Å²) in [6, 6.07) is 13.2. The van der Waals surface area contributed by atoms with Crippen LogP contribution in [0, 0.1) is 6.92 Å². The van der Waals surface area contributed by atoms with E-state index >= 15 is 0 Å². The van der Waals surface area contributed by atoms with Crippen molar-refractivity contribution in [1.29, 1.82) is 0 Å². The second-order valence-electron chi connectivity index (χ2n) is 5.76. The van der Waals surface area contributed by atoms with Gasteiger partial charge in [0, 0.05) is 25.2 Å². The van der Waals surface area contributed by atoms with Gasteiger partial charge in [-0.25, -0.2) is 4.98 Å². The molecule has 1 aromatic heterocycles. The quantitative estimate of drug-likeness (QED) is 0.775. The van der Waals surface area contributed by atoms with Crippen LogP contribution >= 0.6 is 0 Å². The predicted molar refractivity (Wildman–Crippen MR) is 86.1 cm³/mol. The first-order valence-electron chi connectivity index (χ1n) is 7.56. The van der Waals surface area contributed by atoms with E-state index in [9.17, 15) is 0 Å². The zero-order valence-corrected chi connectivity index (χ0v) is 12.5. The second kappa shape index (κ2) is 4.71. The van der Waals surface area contributed by atoms with E-state index in [1.807, 2.05) is 0 Å². The van der Waals surface area contributed by atoms with Crippen LogP contribution in [0.5, 0.6) is 0 Å². The monoisotopic (exact) mass is 277 g/mol. The summed E-state index contributed by atoms with van der Waals surface area (Å²) in [7, 11) is 0. The lowest BCUT2D eigenvalue weighted by Crippen LogP contribution is -2.00. The number of nitrogens with one attached hydrogen (secondary N) is 1. The molecule has 0 amide bonds. The summed E-state index contributed by atoms with van der Waals surface area (Å²) in [6.45, 7) is 7.18. The zero-order valence-electron chi connectivity index (χ0n) is 12.5. The molecule has 2 heterocycles. The number of rotatable bonds is 2. The summed E-state index contributed by atoms with van der Waals surface area (Å²) in [6.07, 6.45) is 0. The average molecular weight is 277 g/mol. The van der Waals surface area contributed by atoms with Crippen molar-refractivity contribution in [2.45, 2.75) is 33.5 Å². The number of nitrogens with zero attached hydrogens (tertiary/aromatic N) is 2. The molecule has 0 atom stereocenters. The smallest absolute Gasteiger partial charge is 0.141 e. The van der Waals surface area contributed by atoms with E-state index in [4.69, 9.17) is 4.98 Å². The van der Waals surface area contributed by atoms with Gasteiger partial charge in [-0.2, -0.15) is 0 Å². The SMILES string of the molecule is CCn1c(-c2ccc3c(c2)CNC3)nc2cc(C)ccc21. The van der Waals surface area contributed by atoms with E-state index in [1.54, 1.807) is 0 Å².